The second-order valence-electron chi connectivity index (χ2n) is 18.6. The number of amides is 2. The predicted octanol–water partition coefficient (Wildman–Crippen LogP) is 2.58. The van der Waals surface area contributed by atoms with Gasteiger partial charge in [-0.2, -0.15) is 0 Å². The van der Waals surface area contributed by atoms with Crippen molar-refractivity contribution in [3.05, 3.63) is 119 Å². The molecule has 2 amide bonds. The number of sulfonamides is 2. The van der Waals surface area contributed by atoms with Gasteiger partial charge in [-0.05, 0) is 119 Å². The lowest BCUT2D eigenvalue weighted by Gasteiger charge is -2.39. The summed E-state index contributed by atoms with van der Waals surface area (Å²) in [6.07, 6.45) is 5.90. The van der Waals surface area contributed by atoms with Crippen LogP contribution >= 0.6 is 0 Å². The SMILES string of the molecule is C[C@H](NC(=O)[C@H]1C[C@@H](c2ccccc2)CCN1CCNS(C)(=O)=O)C(=O)O.Cc1nc(N)ccc1CCC(=O)[C@H](C)NC(=O)[C@H]1C[C@@H](c2ccccc2)CCN1CCNS(C)(=O)=O.Cc1nc(N)ccc1CN. The van der Waals surface area contributed by atoms with Crippen molar-refractivity contribution in [2.45, 2.75) is 109 Å². The minimum atomic E-state index is -3.31. The van der Waals surface area contributed by atoms with Gasteiger partial charge in [-0.25, -0.2) is 36.2 Å². The Labute approximate surface area is 430 Å². The molecular formula is C51H75N11O9S2. The molecule has 2 aliphatic heterocycles. The third kappa shape index (κ3) is 20.5. The molecule has 73 heavy (non-hydrogen) atoms. The number of hydrogen-bond donors (Lipinski definition) is 8. The highest BCUT2D eigenvalue weighted by molar-refractivity contribution is 7.89. The largest absolute Gasteiger partial charge is 0.480 e. The van der Waals surface area contributed by atoms with Crippen LogP contribution in [0.4, 0.5) is 11.6 Å². The minimum absolute atomic E-state index is 0.0553. The topological polar surface area (TPSA) is 315 Å². The number of benzene rings is 2. The van der Waals surface area contributed by atoms with E-state index < -0.39 is 50.2 Å². The maximum Gasteiger partial charge on any atom is 0.325 e. The summed E-state index contributed by atoms with van der Waals surface area (Å²) < 4.78 is 50.5. The Bertz CT molecular complexity index is 2670. The molecule has 22 heteroatoms. The van der Waals surface area contributed by atoms with Gasteiger partial charge in [-0.1, -0.05) is 72.8 Å². The molecule has 2 saturated heterocycles. The lowest BCUT2D eigenvalue weighted by atomic mass is 9.85. The lowest BCUT2D eigenvalue weighted by Crippen LogP contribution is -2.55. The van der Waals surface area contributed by atoms with Crippen molar-refractivity contribution in [1.82, 2.24) is 39.8 Å². The minimum Gasteiger partial charge on any atom is -0.480 e. The quantitative estimate of drug-likeness (QED) is 0.0631. The van der Waals surface area contributed by atoms with E-state index in [0.29, 0.717) is 63.6 Å². The van der Waals surface area contributed by atoms with Crippen LogP contribution in [0, 0.1) is 13.8 Å². The Hall–Kier alpha value is -5.88. The Morgan fingerprint density at radius 2 is 1.07 bits per heavy atom. The Morgan fingerprint density at radius 3 is 1.45 bits per heavy atom. The van der Waals surface area contributed by atoms with Crippen LogP contribution in [0.3, 0.4) is 0 Å². The van der Waals surface area contributed by atoms with E-state index in [0.717, 1.165) is 53.4 Å². The number of nitrogen functional groups attached to an aromatic ring is 2. The van der Waals surface area contributed by atoms with Crippen molar-refractivity contribution < 1.29 is 41.1 Å². The first-order valence-corrected chi connectivity index (χ1v) is 28.2. The third-order valence-corrected chi connectivity index (χ3v) is 14.4. The number of aryl methyl sites for hydroxylation is 3. The lowest BCUT2D eigenvalue weighted by molar-refractivity contribution is -0.142. The van der Waals surface area contributed by atoms with E-state index in [2.05, 4.69) is 42.2 Å². The van der Waals surface area contributed by atoms with Gasteiger partial charge in [0.25, 0.3) is 0 Å². The number of Topliss-reactive ketones (excluding diaryl/α,β-unsaturated/α-hetero) is 1. The molecule has 0 bridgehead atoms. The number of aromatic nitrogens is 2. The van der Waals surface area contributed by atoms with E-state index in [-0.39, 0.29) is 48.9 Å². The summed E-state index contributed by atoms with van der Waals surface area (Å²) in [6.45, 7) is 9.94. The molecule has 0 unspecified atom stereocenters. The summed E-state index contributed by atoms with van der Waals surface area (Å²) in [5, 5.41) is 14.5. The first-order valence-electron chi connectivity index (χ1n) is 24.4. The molecule has 0 saturated carbocycles. The summed E-state index contributed by atoms with van der Waals surface area (Å²) in [5.41, 5.74) is 22.6. The fraction of sp³-hybridized carbons (Fsp3) is 0.490. The van der Waals surface area contributed by atoms with Crippen molar-refractivity contribution in [3.8, 4) is 0 Å². The van der Waals surface area contributed by atoms with E-state index in [1.807, 2.05) is 84.3 Å². The van der Waals surface area contributed by atoms with Gasteiger partial charge in [0.15, 0.2) is 5.78 Å². The monoisotopic (exact) mass is 1050 g/mol. The Morgan fingerprint density at radius 1 is 0.658 bits per heavy atom. The number of hydrogen-bond acceptors (Lipinski definition) is 15. The highest BCUT2D eigenvalue weighted by Crippen LogP contribution is 2.33. The summed E-state index contributed by atoms with van der Waals surface area (Å²) in [7, 11) is -6.62. The first kappa shape index (κ1) is 59.7. The zero-order valence-electron chi connectivity index (χ0n) is 42.8. The van der Waals surface area contributed by atoms with Gasteiger partial charge in [0.05, 0.1) is 30.6 Å². The fourth-order valence-corrected chi connectivity index (χ4v) is 9.77. The number of nitrogens with two attached hydrogens (primary N) is 3. The van der Waals surface area contributed by atoms with Crippen LogP contribution in [-0.2, 0) is 52.2 Å². The van der Waals surface area contributed by atoms with Gasteiger partial charge >= 0.3 is 5.97 Å². The van der Waals surface area contributed by atoms with Crippen molar-refractivity contribution in [2.75, 3.05) is 63.2 Å². The number of anilines is 2. The molecule has 0 spiro atoms. The van der Waals surface area contributed by atoms with Gasteiger partial charge < -0.3 is 32.9 Å². The summed E-state index contributed by atoms with van der Waals surface area (Å²) in [6, 6.07) is 24.7. The molecule has 4 aromatic rings. The number of carbonyl (C=O) groups is 4. The zero-order valence-corrected chi connectivity index (χ0v) is 44.4. The van der Waals surface area contributed by atoms with Crippen LogP contribution in [0.1, 0.15) is 91.4 Å². The molecular weight excluding hydrogens is 975 g/mol. The average Bonchev–Trinajstić information content (AvgIpc) is 3.34. The van der Waals surface area contributed by atoms with Crippen molar-refractivity contribution in [2.24, 2.45) is 5.73 Å². The smallest absolute Gasteiger partial charge is 0.325 e. The number of carbonyl (C=O) groups excluding carboxylic acids is 3. The Kier molecular flexibility index (Phi) is 23.3. The molecule has 20 nitrogen and oxygen atoms in total. The zero-order chi connectivity index (χ0) is 53.9. The van der Waals surface area contributed by atoms with Crippen molar-refractivity contribution in [1.29, 1.82) is 0 Å². The van der Waals surface area contributed by atoms with Crippen LogP contribution in [0.25, 0.3) is 0 Å². The maximum absolute atomic E-state index is 13.4. The molecule has 2 fully saturated rings. The molecule has 6 atom stereocenters. The van der Waals surface area contributed by atoms with Gasteiger partial charge in [0, 0.05) is 50.5 Å². The number of ketones is 1. The van der Waals surface area contributed by atoms with E-state index in [9.17, 15) is 36.0 Å². The van der Waals surface area contributed by atoms with Crippen molar-refractivity contribution >= 4 is 55.2 Å². The number of rotatable bonds is 20. The van der Waals surface area contributed by atoms with Crippen LogP contribution in [0.15, 0.2) is 84.9 Å². The number of aliphatic carboxylic acids is 1. The highest BCUT2D eigenvalue weighted by atomic mass is 32.2. The normalized spacial score (nSPS) is 19.2. The van der Waals surface area contributed by atoms with Crippen LogP contribution < -0.4 is 37.3 Å². The molecule has 2 aliphatic rings. The predicted molar refractivity (Wildman–Crippen MR) is 284 cm³/mol. The molecule has 4 heterocycles. The number of piperidine rings is 2. The molecule has 2 aromatic heterocycles. The Balaban J connectivity index is 0.000000273. The van der Waals surface area contributed by atoms with Crippen LogP contribution in [0.2, 0.25) is 0 Å². The summed E-state index contributed by atoms with van der Waals surface area (Å²) in [5.74, 6) is -0.292. The third-order valence-electron chi connectivity index (χ3n) is 13.0. The molecule has 6 rings (SSSR count). The number of likely N-dealkylation sites (tertiary alicyclic amines) is 2. The molecule has 2 aromatic carbocycles. The van der Waals surface area contributed by atoms with Gasteiger partial charge in [0.2, 0.25) is 31.9 Å². The summed E-state index contributed by atoms with van der Waals surface area (Å²) in [4.78, 5) is 62.1. The molecule has 400 valence electrons. The first-order chi connectivity index (χ1) is 34.4. The molecule has 0 radical (unpaired) electrons. The highest BCUT2D eigenvalue weighted by Gasteiger charge is 2.36. The molecule has 0 aliphatic carbocycles. The van der Waals surface area contributed by atoms with E-state index >= 15 is 0 Å². The van der Waals surface area contributed by atoms with E-state index in [1.54, 1.807) is 19.1 Å². The van der Waals surface area contributed by atoms with Gasteiger partial charge in [0.1, 0.15) is 17.7 Å². The van der Waals surface area contributed by atoms with Gasteiger partial charge in [-0.3, -0.25) is 29.0 Å². The number of carboxylic acids is 1. The van der Waals surface area contributed by atoms with E-state index in [4.69, 9.17) is 22.3 Å². The van der Waals surface area contributed by atoms with Gasteiger partial charge in [-0.15, -0.1) is 0 Å². The van der Waals surface area contributed by atoms with E-state index in [1.165, 1.54) is 12.5 Å². The van der Waals surface area contributed by atoms with Crippen LogP contribution in [0.5, 0.6) is 0 Å². The standard InChI is InChI=1S/C26H37N5O4S.C18H27N3O5S.C7H11N3/c1-18-20(10-12-25(27)29-18)9-11-24(32)19(2)30-26(33)23-17-22(21-7-5-4-6-8-21)13-15-31(23)16-14-28-36(3,34)35;1-13(18(23)24)20-17(22)16-12-15(14-6-4-3-5-7-14)8-10-21(16)11-9-19-27(2,25)26;1-5-6(4-8)2-3-7(9)10-5/h4-8,10,12,19,22-23,28H,9,11,13-17H2,1-3H3,(H2,27,29)(H,30,33);3-7,13,15-16,19H,8-12H2,1-2H3,(H,20,22)(H,23,24);2-3H,4,8H2,1H3,(H2,9,10)/t19-,22-,23+;13-,15-,16+;/m00./s1. The fourth-order valence-electron chi connectivity index (χ4n) is 8.85. The summed E-state index contributed by atoms with van der Waals surface area (Å²) >= 11 is 0. The van der Waals surface area contributed by atoms with Crippen molar-refractivity contribution in [3.63, 3.8) is 0 Å². The number of nitrogens with one attached hydrogen (secondary N) is 4. The second kappa shape index (κ2) is 28.5. The number of carboxylic acid groups (broad SMARTS) is 1. The average molecular weight is 1050 g/mol. The number of pyridine rings is 2. The second-order valence-corrected chi connectivity index (χ2v) is 22.3. The number of nitrogens with zero attached hydrogens (tertiary/aromatic N) is 4. The van der Waals surface area contributed by atoms with Crippen LogP contribution in [-0.4, -0.2) is 141 Å². The molecule has 11 N–H and O–H groups in total. The maximum atomic E-state index is 13.4.